The lowest BCUT2D eigenvalue weighted by molar-refractivity contribution is -0.148. The fraction of sp³-hybridized carbons (Fsp3) is 0.273. The number of amides is 1. The van der Waals surface area contributed by atoms with E-state index in [1.165, 1.54) is 25.7 Å². The number of esters is 1. The molecule has 0 saturated heterocycles. The van der Waals surface area contributed by atoms with Crippen LogP contribution in [0.15, 0.2) is 48.5 Å². The van der Waals surface area contributed by atoms with Crippen molar-refractivity contribution in [3.8, 4) is 5.75 Å². The van der Waals surface area contributed by atoms with Gasteiger partial charge in [0.1, 0.15) is 5.75 Å². The molecule has 0 saturated carbocycles. The van der Waals surface area contributed by atoms with Crippen molar-refractivity contribution < 1.29 is 19.1 Å². The van der Waals surface area contributed by atoms with Crippen LogP contribution in [-0.2, 0) is 14.3 Å². The van der Waals surface area contributed by atoms with Crippen LogP contribution in [0, 0.1) is 0 Å². The van der Waals surface area contributed by atoms with E-state index in [2.05, 4.69) is 19.2 Å². The molecule has 148 valence electrons. The summed E-state index contributed by atoms with van der Waals surface area (Å²) in [6, 6.07) is 12.8. The fourth-order valence-corrected chi connectivity index (χ4v) is 2.67. The van der Waals surface area contributed by atoms with Gasteiger partial charge in [0.25, 0.3) is 5.91 Å². The Morgan fingerprint density at radius 1 is 1.07 bits per heavy atom. The molecule has 0 bridgehead atoms. The first-order chi connectivity index (χ1) is 13.3. The number of carbonyl (C=O) groups is 2. The third kappa shape index (κ3) is 6.13. The number of hydrogen-bond acceptors (Lipinski definition) is 4. The van der Waals surface area contributed by atoms with Crippen LogP contribution in [0.5, 0.6) is 5.75 Å². The first-order valence-electron chi connectivity index (χ1n) is 8.93. The molecule has 1 unspecified atom stereocenters. The molecule has 2 aromatic rings. The second-order valence-corrected chi connectivity index (χ2v) is 6.98. The van der Waals surface area contributed by atoms with Crippen LogP contribution in [0.1, 0.15) is 37.8 Å². The molecular formula is C22H24ClNO4. The highest BCUT2D eigenvalue weighted by Gasteiger charge is 2.17. The van der Waals surface area contributed by atoms with E-state index in [9.17, 15) is 9.59 Å². The third-order valence-electron chi connectivity index (χ3n) is 4.10. The highest BCUT2D eigenvalue weighted by Crippen LogP contribution is 2.27. The second kappa shape index (κ2) is 9.95. The Kier molecular flexibility index (Phi) is 7.64. The molecule has 6 heteroatoms. The summed E-state index contributed by atoms with van der Waals surface area (Å²) in [7, 11) is 1.51. The maximum atomic E-state index is 12.2. The zero-order chi connectivity index (χ0) is 20.7. The van der Waals surface area contributed by atoms with Crippen molar-refractivity contribution in [3.05, 3.63) is 64.7 Å². The highest BCUT2D eigenvalue weighted by molar-refractivity contribution is 6.32. The van der Waals surface area contributed by atoms with E-state index in [-0.39, 0.29) is 0 Å². The maximum absolute atomic E-state index is 12.2. The molecule has 1 atom stereocenters. The zero-order valence-electron chi connectivity index (χ0n) is 16.4. The molecule has 0 fully saturated rings. The molecule has 1 amide bonds. The van der Waals surface area contributed by atoms with E-state index >= 15 is 0 Å². The number of carbonyl (C=O) groups excluding carboxylic acids is 2. The van der Waals surface area contributed by atoms with Gasteiger partial charge in [0.05, 0.1) is 12.1 Å². The van der Waals surface area contributed by atoms with Gasteiger partial charge in [-0.15, -0.1) is 0 Å². The van der Waals surface area contributed by atoms with Crippen molar-refractivity contribution in [1.29, 1.82) is 0 Å². The molecule has 0 aliphatic rings. The number of rotatable bonds is 7. The molecule has 0 aromatic heterocycles. The number of hydrogen-bond donors (Lipinski definition) is 1. The predicted octanol–water partition coefficient (Wildman–Crippen LogP) is 5.06. The Labute approximate surface area is 170 Å². The minimum Gasteiger partial charge on any atom is -0.495 e. The second-order valence-electron chi connectivity index (χ2n) is 6.57. The van der Waals surface area contributed by atoms with Gasteiger partial charge in [-0.1, -0.05) is 49.7 Å². The van der Waals surface area contributed by atoms with Gasteiger partial charge in [-0.3, -0.25) is 4.79 Å². The summed E-state index contributed by atoms with van der Waals surface area (Å²) in [4.78, 5) is 24.2. The smallest absolute Gasteiger partial charge is 0.331 e. The minimum atomic E-state index is -0.957. The molecule has 2 aromatic carbocycles. The van der Waals surface area contributed by atoms with E-state index in [4.69, 9.17) is 21.1 Å². The predicted molar refractivity (Wildman–Crippen MR) is 112 cm³/mol. The Morgan fingerprint density at radius 2 is 1.75 bits per heavy atom. The van der Waals surface area contributed by atoms with E-state index in [0.717, 1.165) is 5.56 Å². The number of methoxy groups -OCH3 is 1. The van der Waals surface area contributed by atoms with Crippen molar-refractivity contribution in [1.82, 2.24) is 0 Å². The number of nitrogens with one attached hydrogen (secondary N) is 1. The molecule has 0 radical (unpaired) electrons. The molecule has 5 nitrogen and oxygen atoms in total. The molecule has 2 rings (SSSR count). The van der Waals surface area contributed by atoms with Gasteiger partial charge < -0.3 is 14.8 Å². The summed E-state index contributed by atoms with van der Waals surface area (Å²) < 4.78 is 10.2. The van der Waals surface area contributed by atoms with Gasteiger partial charge in [-0.2, -0.15) is 0 Å². The van der Waals surface area contributed by atoms with E-state index in [1.807, 2.05) is 24.3 Å². The molecule has 1 N–H and O–H groups in total. The van der Waals surface area contributed by atoms with Gasteiger partial charge >= 0.3 is 5.97 Å². The monoisotopic (exact) mass is 401 g/mol. The standard InChI is InChI=1S/C22H24ClNO4/c1-14(2)17-8-5-16(6-9-17)7-12-21(25)28-15(3)22(26)24-18-10-11-20(27-4)19(23)13-18/h5-15H,1-4H3,(H,24,26)/b12-7+. The summed E-state index contributed by atoms with van der Waals surface area (Å²) in [5.74, 6) is -0.0961. The summed E-state index contributed by atoms with van der Waals surface area (Å²) in [6.07, 6.45) is 2.00. The molecular weight excluding hydrogens is 378 g/mol. The van der Waals surface area contributed by atoms with Crippen molar-refractivity contribution in [2.24, 2.45) is 0 Å². The maximum Gasteiger partial charge on any atom is 0.331 e. The largest absolute Gasteiger partial charge is 0.495 e. The van der Waals surface area contributed by atoms with Crippen molar-refractivity contribution in [2.45, 2.75) is 32.8 Å². The van der Waals surface area contributed by atoms with Crippen LogP contribution in [0.25, 0.3) is 6.08 Å². The normalized spacial score (nSPS) is 12.1. The van der Waals surface area contributed by atoms with E-state index in [1.54, 1.807) is 24.3 Å². The van der Waals surface area contributed by atoms with Crippen LogP contribution in [0.4, 0.5) is 5.69 Å². The number of anilines is 1. The lowest BCUT2D eigenvalue weighted by Crippen LogP contribution is -2.29. The van der Waals surface area contributed by atoms with E-state index < -0.39 is 18.0 Å². The van der Waals surface area contributed by atoms with Crippen molar-refractivity contribution in [3.63, 3.8) is 0 Å². The average molecular weight is 402 g/mol. The van der Waals surface area contributed by atoms with Gasteiger partial charge in [-0.05, 0) is 48.2 Å². The first kappa shape index (κ1) is 21.5. The molecule has 28 heavy (non-hydrogen) atoms. The molecule has 0 spiro atoms. The average Bonchev–Trinajstić information content (AvgIpc) is 2.66. The zero-order valence-corrected chi connectivity index (χ0v) is 17.1. The molecule has 0 aliphatic carbocycles. The summed E-state index contributed by atoms with van der Waals surface area (Å²) in [5, 5.41) is 3.02. The summed E-state index contributed by atoms with van der Waals surface area (Å²) in [6.45, 7) is 5.74. The molecule has 0 heterocycles. The van der Waals surface area contributed by atoms with Crippen LogP contribution in [0.3, 0.4) is 0 Å². The van der Waals surface area contributed by atoms with E-state index in [0.29, 0.717) is 22.4 Å². The van der Waals surface area contributed by atoms with Gasteiger partial charge in [0.15, 0.2) is 6.10 Å². The van der Waals surface area contributed by atoms with Crippen LogP contribution < -0.4 is 10.1 Å². The van der Waals surface area contributed by atoms with Crippen LogP contribution in [0.2, 0.25) is 5.02 Å². The fourth-order valence-electron chi connectivity index (χ4n) is 2.41. The van der Waals surface area contributed by atoms with Gasteiger partial charge in [0.2, 0.25) is 0 Å². The Hall–Kier alpha value is -2.79. The Balaban J connectivity index is 1.90. The molecule has 0 aliphatic heterocycles. The highest BCUT2D eigenvalue weighted by atomic mass is 35.5. The van der Waals surface area contributed by atoms with Gasteiger partial charge in [0, 0.05) is 11.8 Å². The quantitative estimate of drug-likeness (QED) is 0.520. The Morgan fingerprint density at radius 3 is 2.32 bits per heavy atom. The summed E-state index contributed by atoms with van der Waals surface area (Å²) in [5.41, 5.74) is 2.59. The van der Waals surface area contributed by atoms with Crippen molar-refractivity contribution in [2.75, 3.05) is 12.4 Å². The lowest BCUT2D eigenvalue weighted by atomic mass is 10.0. The minimum absolute atomic E-state index is 0.372. The topological polar surface area (TPSA) is 64.6 Å². The van der Waals surface area contributed by atoms with Gasteiger partial charge in [-0.25, -0.2) is 4.79 Å². The lowest BCUT2D eigenvalue weighted by Gasteiger charge is -2.13. The number of halogens is 1. The first-order valence-corrected chi connectivity index (χ1v) is 9.31. The van der Waals surface area contributed by atoms with Crippen molar-refractivity contribution >= 4 is 35.2 Å². The number of ether oxygens (including phenoxy) is 2. The van der Waals surface area contributed by atoms with Crippen LogP contribution in [-0.4, -0.2) is 25.1 Å². The number of benzene rings is 2. The van der Waals surface area contributed by atoms with Crippen LogP contribution >= 0.6 is 11.6 Å². The Bertz CT molecular complexity index is 859. The summed E-state index contributed by atoms with van der Waals surface area (Å²) >= 11 is 6.03. The SMILES string of the molecule is COc1ccc(NC(=O)C(C)OC(=O)/C=C/c2ccc(C(C)C)cc2)cc1Cl. The third-order valence-corrected chi connectivity index (χ3v) is 4.39.